The van der Waals surface area contributed by atoms with Crippen LogP contribution in [0.2, 0.25) is 5.02 Å². The third-order valence-electron chi connectivity index (χ3n) is 1.71. The van der Waals surface area contributed by atoms with Crippen LogP contribution in [0.15, 0.2) is 12.1 Å². The lowest BCUT2D eigenvalue weighted by atomic mass is 10.0. The van der Waals surface area contributed by atoms with Crippen LogP contribution in [-0.4, -0.2) is 5.78 Å². The molecule has 0 aliphatic heterocycles. The fourth-order valence-electron chi connectivity index (χ4n) is 1.14. The van der Waals surface area contributed by atoms with E-state index in [2.05, 4.69) is 0 Å². The third kappa shape index (κ3) is 1.90. The summed E-state index contributed by atoms with van der Waals surface area (Å²) in [6, 6.07) is 1.90. The zero-order valence-electron chi connectivity index (χ0n) is 7.15. The zero-order valence-corrected chi connectivity index (χ0v) is 7.91. The van der Waals surface area contributed by atoms with Crippen molar-refractivity contribution in [3.63, 3.8) is 0 Å². The van der Waals surface area contributed by atoms with Crippen LogP contribution >= 0.6 is 11.6 Å². The van der Waals surface area contributed by atoms with E-state index in [-0.39, 0.29) is 5.02 Å². The molecule has 5 heteroatoms. The lowest BCUT2D eigenvalue weighted by Crippen LogP contribution is -2.04. The highest BCUT2D eigenvalue weighted by molar-refractivity contribution is 6.34. The van der Waals surface area contributed by atoms with E-state index in [4.69, 9.17) is 11.6 Å². The number of carbonyl (C=O) groups excluding carboxylic acids is 1. The van der Waals surface area contributed by atoms with Gasteiger partial charge in [0.05, 0.1) is 10.6 Å². The van der Waals surface area contributed by atoms with Gasteiger partial charge < -0.3 is 0 Å². The molecule has 76 valence electrons. The molecule has 0 atom stereocenters. The molecular formula is C9H6ClF3O. The van der Waals surface area contributed by atoms with Crippen LogP contribution < -0.4 is 0 Å². The summed E-state index contributed by atoms with van der Waals surface area (Å²) >= 11 is 5.52. The molecule has 0 heterocycles. The minimum atomic E-state index is -3.05. The minimum absolute atomic E-state index is 0.158. The second-order valence-corrected chi connectivity index (χ2v) is 3.08. The van der Waals surface area contributed by atoms with Crippen LogP contribution in [0.3, 0.4) is 0 Å². The smallest absolute Gasteiger partial charge is 0.267 e. The van der Waals surface area contributed by atoms with E-state index in [0.717, 1.165) is 19.1 Å². The van der Waals surface area contributed by atoms with Crippen molar-refractivity contribution in [3.05, 3.63) is 34.1 Å². The van der Waals surface area contributed by atoms with Crippen molar-refractivity contribution in [2.24, 2.45) is 0 Å². The maximum Gasteiger partial charge on any atom is 0.267 e. The van der Waals surface area contributed by atoms with Gasteiger partial charge in [0.25, 0.3) is 6.43 Å². The summed E-state index contributed by atoms with van der Waals surface area (Å²) in [5, 5.41) is -0.158. The van der Waals surface area contributed by atoms with Gasteiger partial charge in [-0.3, -0.25) is 4.79 Å². The van der Waals surface area contributed by atoms with Crippen molar-refractivity contribution in [3.8, 4) is 0 Å². The fourth-order valence-corrected chi connectivity index (χ4v) is 1.44. The normalized spacial score (nSPS) is 10.7. The monoisotopic (exact) mass is 222 g/mol. The number of carbonyl (C=O) groups is 1. The number of hydrogen-bond acceptors (Lipinski definition) is 1. The van der Waals surface area contributed by atoms with Gasteiger partial charge in [-0.15, -0.1) is 0 Å². The Morgan fingerprint density at radius 1 is 1.43 bits per heavy atom. The number of hydrogen-bond donors (Lipinski definition) is 0. The van der Waals surface area contributed by atoms with Crippen LogP contribution in [0.1, 0.15) is 29.3 Å². The molecule has 0 aliphatic carbocycles. The average molecular weight is 223 g/mol. The van der Waals surface area contributed by atoms with Gasteiger partial charge in [-0.25, -0.2) is 13.2 Å². The molecule has 0 N–H and O–H groups in total. The van der Waals surface area contributed by atoms with Crippen molar-refractivity contribution >= 4 is 17.4 Å². The Morgan fingerprint density at radius 2 is 2.00 bits per heavy atom. The van der Waals surface area contributed by atoms with Crippen molar-refractivity contribution in [2.45, 2.75) is 13.3 Å². The molecule has 1 aromatic rings. The predicted octanol–water partition coefficient (Wildman–Crippen LogP) is 3.62. The van der Waals surface area contributed by atoms with Crippen LogP contribution in [0.25, 0.3) is 0 Å². The van der Waals surface area contributed by atoms with Crippen LogP contribution in [0.4, 0.5) is 13.2 Å². The Balaban J connectivity index is 3.50. The maximum atomic E-state index is 13.0. The van der Waals surface area contributed by atoms with E-state index in [1.165, 1.54) is 0 Å². The number of benzene rings is 1. The van der Waals surface area contributed by atoms with E-state index in [9.17, 15) is 18.0 Å². The first-order chi connectivity index (χ1) is 6.45. The Bertz CT molecular complexity index is 377. The van der Waals surface area contributed by atoms with E-state index < -0.39 is 29.2 Å². The van der Waals surface area contributed by atoms with E-state index in [1.807, 2.05) is 0 Å². The SMILES string of the molecule is CC(=O)c1c(Cl)ccc(F)c1C(F)F. The quantitative estimate of drug-likeness (QED) is 0.699. The van der Waals surface area contributed by atoms with Crippen molar-refractivity contribution in [1.82, 2.24) is 0 Å². The average Bonchev–Trinajstić information content (AvgIpc) is 2.07. The maximum absolute atomic E-state index is 13.0. The highest BCUT2D eigenvalue weighted by atomic mass is 35.5. The standard InChI is InChI=1S/C9H6ClF3O/c1-4(14)7-5(10)2-3-6(11)8(7)9(12)13/h2-3,9H,1H3. The molecule has 1 aromatic carbocycles. The summed E-state index contributed by atoms with van der Waals surface area (Å²) in [7, 11) is 0. The molecule has 14 heavy (non-hydrogen) atoms. The van der Waals surface area contributed by atoms with Gasteiger partial charge in [0.1, 0.15) is 5.82 Å². The minimum Gasteiger partial charge on any atom is -0.294 e. The first-order valence-electron chi connectivity index (χ1n) is 3.72. The number of alkyl halides is 2. The summed E-state index contributed by atoms with van der Waals surface area (Å²) < 4.78 is 37.7. The molecule has 0 fully saturated rings. The lowest BCUT2D eigenvalue weighted by Gasteiger charge is -2.08. The highest BCUT2D eigenvalue weighted by Crippen LogP contribution is 2.30. The molecule has 1 nitrogen and oxygen atoms in total. The van der Waals surface area contributed by atoms with Crippen molar-refractivity contribution in [2.75, 3.05) is 0 Å². The molecule has 0 spiro atoms. The van der Waals surface area contributed by atoms with Gasteiger partial charge in [0, 0.05) is 5.56 Å². The Morgan fingerprint density at radius 3 is 2.36 bits per heavy atom. The fraction of sp³-hybridized carbons (Fsp3) is 0.222. The summed E-state index contributed by atoms with van der Waals surface area (Å²) in [5.41, 5.74) is -1.37. The van der Waals surface area contributed by atoms with Crippen LogP contribution in [0.5, 0.6) is 0 Å². The van der Waals surface area contributed by atoms with Crippen LogP contribution in [0, 0.1) is 5.82 Å². The molecule has 0 bridgehead atoms. The molecule has 1 rings (SSSR count). The van der Waals surface area contributed by atoms with Gasteiger partial charge in [-0.05, 0) is 19.1 Å². The molecule has 0 aromatic heterocycles. The second kappa shape index (κ2) is 4.00. The number of Topliss-reactive ketones (excluding diaryl/α,β-unsaturated/α-hetero) is 1. The van der Waals surface area contributed by atoms with Crippen molar-refractivity contribution < 1.29 is 18.0 Å². The second-order valence-electron chi connectivity index (χ2n) is 2.67. The molecule has 0 radical (unpaired) electrons. The molecule has 0 saturated heterocycles. The van der Waals surface area contributed by atoms with Crippen molar-refractivity contribution in [1.29, 1.82) is 0 Å². The molecule has 0 unspecified atom stereocenters. The zero-order chi connectivity index (χ0) is 10.9. The Labute approximate surface area is 83.5 Å². The Kier molecular flexibility index (Phi) is 3.16. The number of rotatable bonds is 2. The van der Waals surface area contributed by atoms with Gasteiger partial charge in [-0.2, -0.15) is 0 Å². The van der Waals surface area contributed by atoms with Crippen LogP contribution in [-0.2, 0) is 0 Å². The van der Waals surface area contributed by atoms with E-state index in [1.54, 1.807) is 0 Å². The first-order valence-corrected chi connectivity index (χ1v) is 4.10. The molecule has 0 saturated carbocycles. The summed E-state index contributed by atoms with van der Waals surface area (Å²) in [4.78, 5) is 11.0. The number of ketones is 1. The molecule has 0 amide bonds. The number of halogens is 4. The van der Waals surface area contributed by atoms with Gasteiger partial charge in [0.2, 0.25) is 0 Å². The van der Waals surface area contributed by atoms with E-state index >= 15 is 0 Å². The van der Waals surface area contributed by atoms with Gasteiger partial charge in [0.15, 0.2) is 5.78 Å². The topological polar surface area (TPSA) is 17.1 Å². The largest absolute Gasteiger partial charge is 0.294 e. The summed E-state index contributed by atoms with van der Waals surface area (Å²) in [6.07, 6.45) is -3.05. The first kappa shape index (κ1) is 11.0. The summed E-state index contributed by atoms with van der Waals surface area (Å²) in [6.45, 7) is 1.06. The molecular weight excluding hydrogens is 217 g/mol. The summed E-state index contributed by atoms with van der Waals surface area (Å²) in [5.74, 6) is -1.79. The highest BCUT2D eigenvalue weighted by Gasteiger charge is 2.23. The predicted molar refractivity (Wildman–Crippen MR) is 46.4 cm³/mol. The Hall–Kier alpha value is -1.03. The van der Waals surface area contributed by atoms with E-state index in [0.29, 0.717) is 0 Å². The lowest BCUT2D eigenvalue weighted by molar-refractivity contribution is 0.0996. The van der Waals surface area contributed by atoms with Gasteiger partial charge >= 0.3 is 0 Å². The molecule has 0 aliphatic rings. The van der Waals surface area contributed by atoms with Gasteiger partial charge in [-0.1, -0.05) is 11.6 Å². The third-order valence-corrected chi connectivity index (χ3v) is 2.03.